The van der Waals surface area contributed by atoms with E-state index in [-0.39, 0.29) is 5.97 Å². The number of carbonyl (C=O) groups excluding carboxylic acids is 1. The SMILES string of the molecule is CC12CC(N3CCNCC3)=CC=C1C=C(c1cccnc1)C(=O)O2. The molecule has 1 unspecified atom stereocenters. The molecule has 0 spiro atoms. The van der Waals surface area contributed by atoms with Crippen LogP contribution in [-0.4, -0.2) is 47.6 Å². The molecular formula is C19H21N3O2. The van der Waals surface area contributed by atoms with Crippen LogP contribution in [0.15, 0.2) is 54.0 Å². The van der Waals surface area contributed by atoms with Crippen LogP contribution in [0.3, 0.4) is 0 Å². The molecule has 0 saturated carbocycles. The highest BCUT2D eigenvalue weighted by Crippen LogP contribution is 2.40. The van der Waals surface area contributed by atoms with Crippen molar-refractivity contribution in [2.24, 2.45) is 0 Å². The molecule has 1 aliphatic carbocycles. The number of fused-ring (bicyclic) bond motifs is 1. The Hall–Kier alpha value is -2.40. The summed E-state index contributed by atoms with van der Waals surface area (Å²) in [6, 6.07) is 3.71. The molecule has 4 rings (SSSR count). The van der Waals surface area contributed by atoms with Crippen molar-refractivity contribution in [1.82, 2.24) is 15.2 Å². The monoisotopic (exact) mass is 323 g/mol. The van der Waals surface area contributed by atoms with Crippen LogP contribution < -0.4 is 5.32 Å². The van der Waals surface area contributed by atoms with Crippen LogP contribution in [0.2, 0.25) is 0 Å². The van der Waals surface area contributed by atoms with Crippen LogP contribution >= 0.6 is 0 Å². The van der Waals surface area contributed by atoms with E-state index in [1.54, 1.807) is 12.4 Å². The first-order valence-corrected chi connectivity index (χ1v) is 8.38. The van der Waals surface area contributed by atoms with Crippen molar-refractivity contribution in [3.8, 4) is 0 Å². The van der Waals surface area contributed by atoms with E-state index in [9.17, 15) is 4.79 Å². The van der Waals surface area contributed by atoms with E-state index < -0.39 is 5.60 Å². The van der Waals surface area contributed by atoms with Crippen molar-refractivity contribution >= 4 is 11.5 Å². The molecule has 0 bridgehead atoms. The highest BCUT2D eigenvalue weighted by atomic mass is 16.6. The lowest BCUT2D eigenvalue weighted by Gasteiger charge is -2.41. The van der Waals surface area contributed by atoms with Gasteiger partial charge in [0.2, 0.25) is 0 Å². The Morgan fingerprint density at radius 1 is 1.29 bits per heavy atom. The Bertz CT molecular complexity index is 745. The summed E-state index contributed by atoms with van der Waals surface area (Å²) in [6.07, 6.45) is 10.3. The maximum Gasteiger partial charge on any atom is 0.339 e. The number of allylic oxidation sites excluding steroid dienone is 2. The molecule has 1 aromatic heterocycles. The fraction of sp³-hybridized carbons (Fsp3) is 0.368. The number of aromatic nitrogens is 1. The number of carbonyl (C=O) groups is 1. The van der Waals surface area contributed by atoms with Gasteiger partial charge in [0.15, 0.2) is 0 Å². The fourth-order valence-corrected chi connectivity index (χ4v) is 3.53. The van der Waals surface area contributed by atoms with E-state index in [2.05, 4.69) is 27.4 Å². The summed E-state index contributed by atoms with van der Waals surface area (Å²) in [6.45, 7) is 5.99. The second-order valence-corrected chi connectivity index (χ2v) is 6.61. The van der Waals surface area contributed by atoms with Crippen molar-refractivity contribution < 1.29 is 9.53 Å². The van der Waals surface area contributed by atoms with Crippen molar-refractivity contribution in [1.29, 1.82) is 0 Å². The third-order valence-corrected chi connectivity index (χ3v) is 4.92. The van der Waals surface area contributed by atoms with Gasteiger partial charge in [0.1, 0.15) is 5.60 Å². The van der Waals surface area contributed by atoms with Crippen molar-refractivity contribution in [3.63, 3.8) is 0 Å². The summed E-state index contributed by atoms with van der Waals surface area (Å²) in [7, 11) is 0. The summed E-state index contributed by atoms with van der Waals surface area (Å²) in [5, 5.41) is 3.37. The number of ether oxygens (including phenoxy) is 1. The molecule has 1 saturated heterocycles. The number of hydrogen-bond acceptors (Lipinski definition) is 5. The first-order valence-electron chi connectivity index (χ1n) is 8.38. The zero-order chi connectivity index (χ0) is 16.6. The zero-order valence-corrected chi connectivity index (χ0v) is 13.8. The predicted molar refractivity (Wildman–Crippen MR) is 91.9 cm³/mol. The Kier molecular flexibility index (Phi) is 3.73. The van der Waals surface area contributed by atoms with Crippen molar-refractivity contribution in [2.75, 3.05) is 26.2 Å². The molecule has 5 heteroatoms. The highest BCUT2D eigenvalue weighted by molar-refractivity contribution is 6.18. The van der Waals surface area contributed by atoms with Gasteiger partial charge in [0.05, 0.1) is 5.57 Å². The average molecular weight is 323 g/mol. The van der Waals surface area contributed by atoms with E-state index in [0.717, 1.165) is 43.7 Å². The number of nitrogens with zero attached hydrogens (tertiary/aromatic N) is 2. The molecule has 0 radical (unpaired) electrons. The van der Waals surface area contributed by atoms with Gasteiger partial charge in [-0.15, -0.1) is 0 Å². The predicted octanol–water partition coefficient (Wildman–Crippen LogP) is 1.90. The number of esters is 1. The Balaban J connectivity index is 1.67. The maximum atomic E-state index is 12.5. The molecular weight excluding hydrogens is 302 g/mol. The second kappa shape index (κ2) is 5.91. The van der Waals surface area contributed by atoms with E-state index in [0.29, 0.717) is 5.57 Å². The van der Waals surface area contributed by atoms with Crippen LogP contribution in [0.4, 0.5) is 0 Å². The average Bonchev–Trinajstić information content (AvgIpc) is 2.61. The van der Waals surface area contributed by atoms with Gasteiger partial charge >= 0.3 is 5.97 Å². The zero-order valence-electron chi connectivity index (χ0n) is 13.8. The van der Waals surface area contributed by atoms with Gasteiger partial charge in [-0.05, 0) is 30.7 Å². The molecule has 0 aromatic carbocycles. The second-order valence-electron chi connectivity index (χ2n) is 6.61. The largest absolute Gasteiger partial charge is 0.450 e. The topological polar surface area (TPSA) is 54.5 Å². The molecule has 124 valence electrons. The molecule has 1 atom stereocenters. The van der Waals surface area contributed by atoms with E-state index in [4.69, 9.17) is 4.74 Å². The van der Waals surface area contributed by atoms with E-state index in [1.807, 2.05) is 25.1 Å². The van der Waals surface area contributed by atoms with Crippen LogP contribution in [0.25, 0.3) is 5.57 Å². The molecule has 2 aliphatic heterocycles. The highest BCUT2D eigenvalue weighted by Gasteiger charge is 2.41. The van der Waals surface area contributed by atoms with Crippen molar-refractivity contribution in [3.05, 3.63) is 59.6 Å². The Labute approximate surface area is 141 Å². The molecule has 24 heavy (non-hydrogen) atoms. The smallest absolute Gasteiger partial charge is 0.339 e. The minimum Gasteiger partial charge on any atom is -0.450 e. The molecule has 1 aromatic rings. The molecule has 1 fully saturated rings. The maximum absolute atomic E-state index is 12.5. The molecule has 3 heterocycles. The van der Waals surface area contributed by atoms with Gasteiger partial charge < -0.3 is 15.0 Å². The summed E-state index contributed by atoms with van der Waals surface area (Å²) in [5.74, 6) is -0.274. The lowest BCUT2D eigenvalue weighted by Crippen LogP contribution is -2.46. The minimum atomic E-state index is -0.586. The summed E-state index contributed by atoms with van der Waals surface area (Å²) >= 11 is 0. The molecule has 3 aliphatic rings. The van der Waals surface area contributed by atoms with Gasteiger partial charge in [-0.1, -0.05) is 12.1 Å². The van der Waals surface area contributed by atoms with Gasteiger partial charge in [0, 0.05) is 56.3 Å². The van der Waals surface area contributed by atoms with E-state index in [1.165, 1.54) is 5.70 Å². The van der Waals surface area contributed by atoms with Crippen LogP contribution in [0, 0.1) is 0 Å². The minimum absolute atomic E-state index is 0.274. The van der Waals surface area contributed by atoms with Crippen molar-refractivity contribution in [2.45, 2.75) is 18.9 Å². The third kappa shape index (κ3) is 2.65. The lowest BCUT2D eigenvalue weighted by molar-refractivity contribution is -0.148. The van der Waals surface area contributed by atoms with Gasteiger partial charge in [-0.25, -0.2) is 4.79 Å². The Morgan fingerprint density at radius 2 is 2.12 bits per heavy atom. The summed E-state index contributed by atoms with van der Waals surface area (Å²) in [4.78, 5) is 19.0. The lowest BCUT2D eigenvalue weighted by atomic mass is 9.82. The molecule has 0 amide bonds. The third-order valence-electron chi connectivity index (χ3n) is 4.92. The number of nitrogens with one attached hydrogen (secondary N) is 1. The number of hydrogen-bond donors (Lipinski definition) is 1. The van der Waals surface area contributed by atoms with Gasteiger partial charge in [-0.3, -0.25) is 4.98 Å². The van der Waals surface area contributed by atoms with Crippen LogP contribution in [0.5, 0.6) is 0 Å². The van der Waals surface area contributed by atoms with Crippen LogP contribution in [-0.2, 0) is 9.53 Å². The number of piperazine rings is 1. The number of rotatable bonds is 2. The fourth-order valence-electron chi connectivity index (χ4n) is 3.53. The van der Waals surface area contributed by atoms with Gasteiger partial charge in [0.25, 0.3) is 0 Å². The quantitative estimate of drug-likeness (QED) is 0.843. The molecule has 5 nitrogen and oxygen atoms in total. The Morgan fingerprint density at radius 3 is 2.88 bits per heavy atom. The normalized spacial score (nSPS) is 26.8. The molecule has 1 N–H and O–H groups in total. The first-order chi connectivity index (χ1) is 11.7. The summed E-state index contributed by atoms with van der Waals surface area (Å²) < 4.78 is 5.88. The van der Waals surface area contributed by atoms with Crippen LogP contribution in [0.1, 0.15) is 18.9 Å². The standard InChI is InChI=1S/C19H21N3O2/c1-19-12-16(22-9-7-20-8-10-22)5-4-15(19)11-17(18(23)24-19)14-3-2-6-21-13-14/h2-6,11,13,20H,7-10,12H2,1H3. The van der Waals surface area contributed by atoms with E-state index >= 15 is 0 Å². The summed E-state index contributed by atoms with van der Waals surface area (Å²) in [5.41, 5.74) is 3.07. The first kappa shape index (κ1) is 15.1. The number of pyridine rings is 1. The van der Waals surface area contributed by atoms with Gasteiger partial charge in [-0.2, -0.15) is 0 Å².